The molecule has 152 valence electrons. The molecular formula is C22H22ClNO4S. The van der Waals surface area contributed by atoms with Gasteiger partial charge in [-0.3, -0.25) is 4.79 Å². The Hall–Kier alpha value is -2.57. The van der Waals surface area contributed by atoms with E-state index < -0.39 is 18.5 Å². The summed E-state index contributed by atoms with van der Waals surface area (Å²) >= 11 is 7.53. The molecule has 0 spiro atoms. The number of carbonyl (C=O) groups excluding carboxylic acids is 2. The van der Waals surface area contributed by atoms with Gasteiger partial charge in [-0.05, 0) is 29.2 Å². The van der Waals surface area contributed by atoms with Gasteiger partial charge in [0, 0.05) is 10.1 Å². The van der Waals surface area contributed by atoms with E-state index in [0.717, 1.165) is 15.6 Å². The molecule has 7 heteroatoms. The van der Waals surface area contributed by atoms with Crippen molar-refractivity contribution in [3.05, 3.63) is 57.9 Å². The van der Waals surface area contributed by atoms with Crippen LogP contribution >= 0.6 is 22.9 Å². The number of hydrogen-bond donors (Lipinski definition) is 1. The summed E-state index contributed by atoms with van der Waals surface area (Å²) in [7, 11) is 1.53. The van der Waals surface area contributed by atoms with E-state index in [9.17, 15) is 9.59 Å². The normalized spacial score (nSPS) is 11.3. The maximum atomic E-state index is 12.4. The van der Waals surface area contributed by atoms with E-state index in [-0.39, 0.29) is 10.3 Å². The van der Waals surface area contributed by atoms with Crippen LogP contribution in [0.4, 0.5) is 5.69 Å². The zero-order valence-electron chi connectivity index (χ0n) is 16.7. The van der Waals surface area contributed by atoms with Crippen molar-refractivity contribution in [2.24, 2.45) is 0 Å². The van der Waals surface area contributed by atoms with E-state index in [4.69, 9.17) is 21.1 Å². The van der Waals surface area contributed by atoms with E-state index in [1.165, 1.54) is 18.4 Å². The van der Waals surface area contributed by atoms with E-state index in [2.05, 4.69) is 26.1 Å². The number of esters is 1. The highest BCUT2D eigenvalue weighted by Crippen LogP contribution is 2.35. The van der Waals surface area contributed by atoms with Crippen LogP contribution in [0.25, 0.3) is 10.1 Å². The summed E-state index contributed by atoms with van der Waals surface area (Å²) in [5.74, 6) is -0.549. The van der Waals surface area contributed by atoms with Crippen molar-refractivity contribution >= 4 is 50.6 Å². The second kappa shape index (κ2) is 8.43. The highest BCUT2D eigenvalue weighted by Gasteiger charge is 2.20. The van der Waals surface area contributed by atoms with Crippen molar-refractivity contribution < 1.29 is 19.1 Å². The van der Waals surface area contributed by atoms with Gasteiger partial charge in [0.1, 0.15) is 10.6 Å². The molecule has 1 heterocycles. The van der Waals surface area contributed by atoms with Crippen LogP contribution in [0.5, 0.6) is 5.75 Å². The van der Waals surface area contributed by atoms with Crippen molar-refractivity contribution in [2.45, 2.75) is 26.2 Å². The number of hydrogen-bond acceptors (Lipinski definition) is 5. The van der Waals surface area contributed by atoms with Gasteiger partial charge in [-0.15, -0.1) is 11.3 Å². The zero-order chi connectivity index (χ0) is 21.2. The van der Waals surface area contributed by atoms with Crippen LogP contribution < -0.4 is 10.1 Å². The third-order valence-corrected chi connectivity index (χ3v) is 6.05. The summed E-state index contributed by atoms with van der Waals surface area (Å²) in [5.41, 5.74) is 1.49. The molecule has 0 unspecified atom stereocenters. The second-order valence-electron chi connectivity index (χ2n) is 7.53. The van der Waals surface area contributed by atoms with E-state index >= 15 is 0 Å². The number of anilines is 1. The summed E-state index contributed by atoms with van der Waals surface area (Å²) < 4.78 is 11.4. The zero-order valence-corrected chi connectivity index (χ0v) is 18.2. The molecule has 0 aliphatic carbocycles. The number of halogens is 1. The third-order valence-electron chi connectivity index (χ3n) is 4.39. The average molecular weight is 432 g/mol. The molecule has 0 bridgehead atoms. The fourth-order valence-corrected chi connectivity index (χ4v) is 4.20. The molecule has 5 nitrogen and oxygen atoms in total. The van der Waals surface area contributed by atoms with Gasteiger partial charge in [-0.2, -0.15) is 0 Å². The Morgan fingerprint density at radius 2 is 1.86 bits per heavy atom. The van der Waals surface area contributed by atoms with Gasteiger partial charge in [0.05, 0.1) is 17.8 Å². The average Bonchev–Trinajstić information content (AvgIpc) is 3.02. The Morgan fingerprint density at radius 1 is 1.14 bits per heavy atom. The van der Waals surface area contributed by atoms with Crippen molar-refractivity contribution in [2.75, 3.05) is 19.0 Å². The molecule has 1 amide bonds. The first-order chi connectivity index (χ1) is 13.7. The van der Waals surface area contributed by atoms with Gasteiger partial charge in [0.2, 0.25) is 0 Å². The lowest BCUT2D eigenvalue weighted by molar-refractivity contribution is -0.119. The molecule has 0 fully saturated rings. The first-order valence-corrected chi connectivity index (χ1v) is 10.2. The Balaban J connectivity index is 1.69. The smallest absolute Gasteiger partial charge is 0.350 e. The number of thiophene rings is 1. The predicted octanol–water partition coefficient (Wildman–Crippen LogP) is 5.66. The van der Waals surface area contributed by atoms with Gasteiger partial charge in [0.15, 0.2) is 6.61 Å². The molecule has 0 aliphatic rings. The van der Waals surface area contributed by atoms with Crippen LogP contribution in [0.15, 0.2) is 42.5 Å². The molecule has 29 heavy (non-hydrogen) atoms. The number of benzene rings is 2. The lowest BCUT2D eigenvalue weighted by Gasteiger charge is -2.21. The van der Waals surface area contributed by atoms with Crippen LogP contribution in [0.2, 0.25) is 5.02 Å². The number of carbonyl (C=O) groups is 2. The van der Waals surface area contributed by atoms with Gasteiger partial charge in [-0.1, -0.05) is 56.6 Å². The Morgan fingerprint density at radius 3 is 2.52 bits per heavy atom. The van der Waals surface area contributed by atoms with Crippen molar-refractivity contribution in [1.29, 1.82) is 0 Å². The molecule has 0 saturated carbocycles. The SMILES string of the molecule is COc1ccc(C(C)(C)C)cc1NC(=O)COC(=O)c1sc2ccccc2c1Cl. The van der Waals surface area contributed by atoms with Gasteiger partial charge < -0.3 is 14.8 Å². The van der Waals surface area contributed by atoms with Crippen molar-refractivity contribution in [1.82, 2.24) is 0 Å². The predicted molar refractivity (Wildman–Crippen MR) is 117 cm³/mol. The van der Waals surface area contributed by atoms with Crippen LogP contribution in [0.3, 0.4) is 0 Å². The van der Waals surface area contributed by atoms with Crippen molar-refractivity contribution in [3.8, 4) is 5.75 Å². The number of fused-ring (bicyclic) bond motifs is 1. The summed E-state index contributed by atoms with van der Waals surface area (Å²) in [6.07, 6.45) is 0. The highest BCUT2D eigenvalue weighted by molar-refractivity contribution is 7.21. The fourth-order valence-electron chi connectivity index (χ4n) is 2.80. The largest absolute Gasteiger partial charge is 0.495 e. The number of rotatable bonds is 5. The lowest BCUT2D eigenvalue weighted by atomic mass is 9.87. The minimum absolute atomic E-state index is 0.0872. The Bertz CT molecular complexity index is 1070. The molecular weight excluding hydrogens is 410 g/mol. The summed E-state index contributed by atoms with van der Waals surface area (Å²) in [6, 6.07) is 13.1. The standard InChI is InChI=1S/C22H22ClNO4S/c1-22(2,3)13-9-10-16(27-4)15(11-13)24-18(25)12-28-21(26)20-19(23)14-7-5-6-8-17(14)29-20/h5-11H,12H2,1-4H3,(H,24,25). The fraction of sp³-hybridized carbons (Fsp3) is 0.273. The molecule has 2 aromatic carbocycles. The first-order valence-electron chi connectivity index (χ1n) is 9.03. The van der Waals surface area contributed by atoms with Crippen LogP contribution in [-0.2, 0) is 14.9 Å². The second-order valence-corrected chi connectivity index (χ2v) is 8.96. The molecule has 3 rings (SSSR count). The number of amides is 1. The molecule has 0 saturated heterocycles. The highest BCUT2D eigenvalue weighted by atomic mass is 35.5. The third kappa shape index (κ3) is 4.71. The topological polar surface area (TPSA) is 64.6 Å². The number of nitrogens with one attached hydrogen (secondary N) is 1. The molecule has 1 aromatic heterocycles. The lowest BCUT2D eigenvalue weighted by Crippen LogP contribution is -2.21. The maximum Gasteiger partial charge on any atom is 0.350 e. The summed E-state index contributed by atoms with van der Waals surface area (Å²) in [4.78, 5) is 25.0. The van der Waals surface area contributed by atoms with E-state index in [0.29, 0.717) is 16.5 Å². The van der Waals surface area contributed by atoms with Gasteiger partial charge in [-0.25, -0.2) is 4.79 Å². The molecule has 0 radical (unpaired) electrons. The molecule has 0 aliphatic heterocycles. The van der Waals surface area contributed by atoms with Crippen molar-refractivity contribution in [3.63, 3.8) is 0 Å². The molecule has 1 N–H and O–H groups in total. The van der Waals surface area contributed by atoms with Crippen LogP contribution in [0, 0.1) is 0 Å². The van der Waals surface area contributed by atoms with E-state index in [1.807, 2.05) is 36.4 Å². The number of ether oxygens (including phenoxy) is 2. The molecule has 0 atom stereocenters. The van der Waals surface area contributed by atoms with Crippen LogP contribution in [0.1, 0.15) is 36.0 Å². The monoisotopic (exact) mass is 431 g/mol. The summed E-state index contributed by atoms with van der Waals surface area (Å²) in [5, 5.41) is 3.89. The minimum Gasteiger partial charge on any atom is -0.495 e. The summed E-state index contributed by atoms with van der Waals surface area (Å²) in [6.45, 7) is 5.82. The Labute approximate surface area is 178 Å². The maximum absolute atomic E-state index is 12.4. The van der Waals surface area contributed by atoms with Crippen LogP contribution in [-0.4, -0.2) is 25.6 Å². The van der Waals surface area contributed by atoms with Gasteiger partial charge >= 0.3 is 5.97 Å². The first kappa shape index (κ1) is 21.1. The number of methoxy groups -OCH3 is 1. The molecule has 3 aromatic rings. The quantitative estimate of drug-likeness (QED) is 0.529. The minimum atomic E-state index is -0.623. The van der Waals surface area contributed by atoms with E-state index in [1.54, 1.807) is 6.07 Å². The van der Waals surface area contributed by atoms with Gasteiger partial charge in [0.25, 0.3) is 5.91 Å². The Kier molecular flexibility index (Phi) is 6.15.